The van der Waals surface area contributed by atoms with Gasteiger partial charge in [-0.1, -0.05) is 48.5 Å². The lowest BCUT2D eigenvalue weighted by Crippen LogP contribution is -2.66. The molecule has 0 aliphatic heterocycles. The zero-order chi connectivity index (χ0) is 38.1. The minimum Gasteiger partial charge on any atom is -0.481 e. The number of ether oxygens (including phenoxy) is 2. The molecule has 0 saturated heterocycles. The van der Waals surface area contributed by atoms with Gasteiger partial charge in [0.1, 0.15) is 6.10 Å². The molecule has 51 heavy (non-hydrogen) atoms. The molecule has 8 atom stereocenters. The van der Waals surface area contributed by atoms with Crippen LogP contribution in [0.5, 0.6) is 0 Å². The van der Waals surface area contributed by atoms with Crippen LogP contribution in [0.25, 0.3) is 0 Å². The van der Waals surface area contributed by atoms with E-state index in [2.05, 4.69) is 53.8 Å². The summed E-state index contributed by atoms with van der Waals surface area (Å²) >= 11 is 0. The maximum atomic E-state index is 14.6. The molecule has 0 aromatic carbocycles. The summed E-state index contributed by atoms with van der Waals surface area (Å²) in [4.78, 5) is 66.7. The number of aliphatic carboxylic acids is 1. The first-order valence-electron chi connectivity index (χ1n) is 19.3. The predicted octanol–water partition coefficient (Wildman–Crippen LogP) is 7.19. The molecule has 0 radical (unpaired) electrons. The average molecular weight is 713 g/mol. The maximum Gasteiger partial charge on any atom is 0.406 e. The highest BCUT2D eigenvalue weighted by Gasteiger charge is 2.71. The van der Waals surface area contributed by atoms with Gasteiger partial charge in [-0.3, -0.25) is 19.2 Å². The summed E-state index contributed by atoms with van der Waals surface area (Å²) in [6, 6.07) is 0. The van der Waals surface area contributed by atoms with E-state index in [0.717, 1.165) is 56.1 Å². The topological polar surface area (TPSA) is 139 Å². The van der Waals surface area contributed by atoms with Crippen molar-refractivity contribution in [2.75, 3.05) is 27.2 Å². The smallest absolute Gasteiger partial charge is 0.406 e. The Hall–Kier alpha value is -2.91. The van der Waals surface area contributed by atoms with E-state index in [9.17, 15) is 29.1 Å². The second-order valence-corrected chi connectivity index (χ2v) is 19.1. The number of hydrogen-bond donors (Lipinski definition) is 2. The van der Waals surface area contributed by atoms with Crippen molar-refractivity contribution >= 4 is 29.7 Å². The molecule has 4 fully saturated rings. The van der Waals surface area contributed by atoms with Crippen LogP contribution < -0.4 is 5.32 Å². The molecule has 0 spiro atoms. The van der Waals surface area contributed by atoms with Gasteiger partial charge in [0.15, 0.2) is 5.78 Å². The fourth-order valence-corrected chi connectivity index (χ4v) is 12.6. The molecule has 4 saturated carbocycles. The standard InChI is InChI=1S/C41H64N2O8/c1-24(2)31-26(44)22-41(33(46)43(10)21-20-42-35(49)50-11)19-18-39(8)25(32(31)41)12-13-28-38(7)16-15-29(51-30(45)23-36(3,4)34(47)48)37(5,6)27(38)14-17-40(28,39)9/h24-25,27-29H,12-23H2,1-11H3,(H,42,49)(H,47,48)/t25-,27+,28-,29+,38+,39-,40-,41-/m1/s1. The number of nitrogens with zero attached hydrogens (tertiary/aromatic N) is 1. The Kier molecular flexibility index (Phi) is 10.2. The quantitative estimate of drug-likeness (QED) is 0.240. The van der Waals surface area contributed by atoms with Gasteiger partial charge in [-0.05, 0) is 116 Å². The van der Waals surface area contributed by atoms with Crippen LogP contribution in [0.1, 0.15) is 127 Å². The third-order valence-electron chi connectivity index (χ3n) is 15.5. The van der Waals surface area contributed by atoms with Crippen LogP contribution in [0, 0.1) is 56.2 Å². The summed E-state index contributed by atoms with van der Waals surface area (Å²) in [6.07, 6.45) is 6.45. The second-order valence-electron chi connectivity index (χ2n) is 19.1. The number of allylic oxidation sites excluding steroid dienone is 1. The number of Topliss-reactive ketones (excluding diaryl/α,β-unsaturated/α-hetero) is 1. The van der Waals surface area contributed by atoms with E-state index < -0.39 is 28.9 Å². The summed E-state index contributed by atoms with van der Waals surface area (Å²) in [5.41, 5.74) is -0.414. The van der Waals surface area contributed by atoms with E-state index in [1.807, 2.05) is 0 Å². The van der Waals surface area contributed by atoms with Crippen LogP contribution in [-0.2, 0) is 28.7 Å². The molecule has 0 aromatic heterocycles. The van der Waals surface area contributed by atoms with Crippen molar-refractivity contribution in [2.24, 2.45) is 56.2 Å². The van der Waals surface area contributed by atoms with E-state index in [1.165, 1.54) is 7.11 Å². The molecule has 286 valence electrons. The highest BCUT2D eigenvalue weighted by molar-refractivity contribution is 6.07. The number of fused-ring (bicyclic) bond motifs is 7. The Morgan fingerprint density at radius 1 is 0.941 bits per heavy atom. The van der Waals surface area contributed by atoms with Gasteiger partial charge in [-0.2, -0.15) is 0 Å². The number of methoxy groups -OCH3 is 1. The Morgan fingerprint density at radius 2 is 1.61 bits per heavy atom. The lowest BCUT2D eigenvalue weighted by atomic mass is 9.33. The molecule has 5 rings (SSSR count). The zero-order valence-corrected chi connectivity index (χ0v) is 33.1. The second kappa shape index (κ2) is 13.2. The molecule has 0 unspecified atom stereocenters. The molecule has 0 heterocycles. The van der Waals surface area contributed by atoms with Crippen molar-refractivity contribution in [3.05, 3.63) is 11.1 Å². The molecular weight excluding hydrogens is 648 g/mol. The SMILES string of the molecule is COC(=O)NCCN(C)C(=O)[C@@]12CC[C@]3(C)[C@H](CC[C@@H]4[C@@]5(C)CC[C@H](OC(=O)CC(C)(C)C(=O)O)C(C)(C)[C@@H]5CC[C@]43C)C1=C(C(C)C)C(=O)C2. The van der Waals surface area contributed by atoms with E-state index in [4.69, 9.17) is 9.47 Å². The van der Waals surface area contributed by atoms with Gasteiger partial charge in [-0.15, -0.1) is 0 Å². The Labute approximate surface area is 305 Å². The summed E-state index contributed by atoms with van der Waals surface area (Å²) in [5, 5.41) is 12.3. The number of carbonyl (C=O) groups is 5. The minimum absolute atomic E-state index is 0.0143. The highest BCUT2D eigenvalue weighted by Crippen LogP contribution is 2.76. The van der Waals surface area contributed by atoms with Crippen molar-refractivity contribution in [2.45, 2.75) is 133 Å². The molecule has 0 aromatic rings. The first-order valence-corrected chi connectivity index (χ1v) is 19.3. The van der Waals surface area contributed by atoms with Gasteiger partial charge in [0.05, 0.1) is 24.4 Å². The number of rotatable bonds is 9. The van der Waals surface area contributed by atoms with Crippen molar-refractivity contribution < 1.29 is 38.6 Å². The number of amides is 2. The Morgan fingerprint density at radius 3 is 2.22 bits per heavy atom. The first-order chi connectivity index (χ1) is 23.5. The number of carboxylic acids is 1. The molecule has 2 N–H and O–H groups in total. The monoisotopic (exact) mass is 712 g/mol. The number of alkyl carbamates (subject to hydrolysis) is 1. The number of nitrogens with one attached hydrogen (secondary N) is 1. The van der Waals surface area contributed by atoms with Crippen molar-refractivity contribution in [1.82, 2.24) is 10.2 Å². The summed E-state index contributed by atoms with van der Waals surface area (Å²) in [5.74, 6) is -0.432. The van der Waals surface area contributed by atoms with Crippen LogP contribution in [0.3, 0.4) is 0 Å². The minimum atomic E-state index is -1.18. The fraction of sp³-hybridized carbons (Fsp3) is 0.829. The number of hydrogen-bond acceptors (Lipinski definition) is 7. The molecule has 10 nitrogen and oxygen atoms in total. The van der Waals surface area contributed by atoms with Crippen LogP contribution in [0.4, 0.5) is 4.79 Å². The van der Waals surface area contributed by atoms with E-state index in [-0.39, 0.29) is 70.7 Å². The van der Waals surface area contributed by atoms with Gasteiger partial charge >= 0.3 is 18.0 Å². The largest absolute Gasteiger partial charge is 0.481 e. The van der Waals surface area contributed by atoms with Crippen LogP contribution in [0.2, 0.25) is 0 Å². The Balaban J connectivity index is 1.44. The molecule has 2 amide bonds. The number of ketones is 1. The van der Waals surface area contributed by atoms with Crippen LogP contribution >= 0.6 is 0 Å². The Bertz CT molecular complexity index is 1500. The molecule has 5 aliphatic rings. The maximum absolute atomic E-state index is 14.6. The summed E-state index contributed by atoms with van der Waals surface area (Å²) in [6.45, 7) is 19.8. The van der Waals surface area contributed by atoms with E-state index in [1.54, 1.807) is 25.8 Å². The van der Waals surface area contributed by atoms with Gasteiger partial charge in [0.25, 0.3) is 0 Å². The van der Waals surface area contributed by atoms with Crippen LogP contribution in [0.15, 0.2) is 11.1 Å². The van der Waals surface area contributed by atoms with Gasteiger partial charge < -0.3 is 24.8 Å². The van der Waals surface area contributed by atoms with Crippen molar-refractivity contribution in [3.8, 4) is 0 Å². The molecule has 5 aliphatic carbocycles. The van der Waals surface area contributed by atoms with Crippen LogP contribution in [-0.4, -0.2) is 73.1 Å². The number of esters is 1. The third kappa shape index (κ3) is 6.02. The van der Waals surface area contributed by atoms with E-state index in [0.29, 0.717) is 24.8 Å². The summed E-state index contributed by atoms with van der Waals surface area (Å²) < 4.78 is 10.8. The lowest BCUT2D eigenvalue weighted by molar-refractivity contribution is -0.233. The molecule has 0 bridgehead atoms. The van der Waals surface area contributed by atoms with Crippen molar-refractivity contribution in [3.63, 3.8) is 0 Å². The molecular formula is C41H64N2O8. The number of carboxylic acid groups (broad SMARTS) is 1. The predicted molar refractivity (Wildman–Crippen MR) is 193 cm³/mol. The zero-order valence-electron chi connectivity index (χ0n) is 33.1. The molecule has 10 heteroatoms. The van der Waals surface area contributed by atoms with E-state index >= 15 is 0 Å². The highest BCUT2D eigenvalue weighted by atomic mass is 16.5. The summed E-state index contributed by atoms with van der Waals surface area (Å²) in [7, 11) is 3.09. The first kappa shape index (κ1) is 39.3. The van der Waals surface area contributed by atoms with Gasteiger partial charge in [-0.25, -0.2) is 4.79 Å². The normalized spacial score (nSPS) is 37.1. The lowest BCUT2D eigenvalue weighted by Gasteiger charge is -2.72. The van der Waals surface area contributed by atoms with Gasteiger partial charge in [0, 0.05) is 32.0 Å². The third-order valence-corrected chi connectivity index (χ3v) is 15.5. The number of likely N-dealkylation sites (N-methyl/N-ethyl adjacent to an activating group) is 1. The fourth-order valence-electron chi connectivity index (χ4n) is 12.6. The number of carbonyl (C=O) groups excluding carboxylic acids is 4. The van der Waals surface area contributed by atoms with Crippen molar-refractivity contribution in [1.29, 1.82) is 0 Å². The average Bonchev–Trinajstić information content (AvgIpc) is 3.35. The van der Waals surface area contributed by atoms with Gasteiger partial charge in [0.2, 0.25) is 5.91 Å².